The van der Waals surface area contributed by atoms with Gasteiger partial charge in [0.05, 0.1) is 0 Å². The molecular weight excluding hydrogens is 913 g/mol. The third-order valence-electron chi connectivity index (χ3n) is 15.2. The van der Waals surface area contributed by atoms with Crippen LogP contribution in [0.4, 0.5) is 0 Å². The minimum atomic E-state index is -0.775. The van der Waals surface area contributed by atoms with E-state index in [9.17, 15) is 14.4 Å². The number of hydrogen-bond acceptors (Lipinski definition) is 6. The van der Waals surface area contributed by atoms with Crippen LogP contribution in [0.3, 0.4) is 0 Å². The van der Waals surface area contributed by atoms with Gasteiger partial charge in [0, 0.05) is 19.3 Å². The number of carbonyl (C=O) groups excluding carboxylic acids is 3. The van der Waals surface area contributed by atoms with Crippen LogP contribution in [0.5, 0.6) is 0 Å². The number of allylic oxidation sites excluding steroid dienone is 4. The van der Waals surface area contributed by atoms with Crippen LogP contribution >= 0.6 is 0 Å². The highest BCUT2D eigenvalue weighted by molar-refractivity contribution is 5.71. The summed E-state index contributed by atoms with van der Waals surface area (Å²) in [4.78, 5) is 38.1. The van der Waals surface area contributed by atoms with E-state index in [0.29, 0.717) is 19.3 Å². The van der Waals surface area contributed by atoms with E-state index >= 15 is 0 Å². The van der Waals surface area contributed by atoms with Gasteiger partial charge in [0.15, 0.2) is 6.10 Å². The molecular formula is C68H128O6. The van der Waals surface area contributed by atoms with Crippen LogP contribution in [0, 0.1) is 0 Å². The highest BCUT2D eigenvalue weighted by Gasteiger charge is 2.19. The van der Waals surface area contributed by atoms with E-state index in [0.717, 1.165) is 70.6 Å². The molecule has 0 rings (SSSR count). The van der Waals surface area contributed by atoms with E-state index in [4.69, 9.17) is 14.2 Å². The molecule has 1 atom stereocenters. The molecule has 436 valence electrons. The van der Waals surface area contributed by atoms with Crippen molar-refractivity contribution >= 4 is 17.9 Å². The number of esters is 3. The standard InChI is InChI=1S/C68H128O6/c1-4-7-10-13-16-19-22-24-25-26-27-28-29-30-31-32-33-34-35-36-37-38-39-40-41-42-43-44-47-49-52-55-58-61-67(70)73-64-65(63-72-66(69)60-57-54-51-48-45-21-18-15-12-9-6-3)74-68(71)62-59-56-53-50-46-23-20-17-14-11-8-5-2/h15,17-18,20,65H,4-14,16,19,21-64H2,1-3H3/b18-15-,20-17-. The highest BCUT2D eigenvalue weighted by Crippen LogP contribution is 2.18. The zero-order valence-electron chi connectivity index (χ0n) is 50.1. The Hall–Kier alpha value is -2.11. The first kappa shape index (κ1) is 71.9. The van der Waals surface area contributed by atoms with Gasteiger partial charge >= 0.3 is 17.9 Å². The smallest absolute Gasteiger partial charge is 0.306 e. The molecule has 0 saturated carbocycles. The predicted octanol–water partition coefficient (Wildman–Crippen LogP) is 22.6. The van der Waals surface area contributed by atoms with E-state index in [1.165, 1.54) is 263 Å². The molecule has 6 heteroatoms. The lowest BCUT2D eigenvalue weighted by Gasteiger charge is -2.18. The fourth-order valence-corrected chi connectivity index (χ4v) is 10.1. The fourth-order valence-electron chi connectivity index (χ4n) is 10.1. The van der Waals surface area contributed by atoms with Crippen LogP contribution in [-0.2, 0) is 28.6 Å². The summed E-state index contributed by atoms with van der Waals surface area (Å²) in [5, 5.41) is 0. The lowest BCUT2D eigenvalue weighted by molar-refractivity contribution is -0.167. The van der Waals surface area contributed by atoms with Gasteiger partial charge in [0.25, 0.3) is 0 Å². The van der Waals surface area contributed by atoms with Crippen molar-refractivity contribution in [3.05, 3.63) is 24.3 Å². The second-order valence-corrected chi connectivity index (χ2v) is 22.7. The number of unbranched alkanes of at least 4 members (excludes halogenated alkanes) is 47. The Morgan fingerprint density at radius 1 is 0.257 bits per heavy atom. The van der Waals surface area contributed by atoms with Gasteiger partial charge in [-0.15, -0.1) is 0 Å². The van der Waals surface area contributed by atoms with E-state index in [2.05, 4.69) is 45.1 Å². The first-order chi connectivity index (χ1) is 36.5. The van der Waals surface area contributed by atoms with Crippen LogP contribution in [0.25, 0.3) is 0 Å². The van der Waals surface area contributed by atoms with Gasteiger partial charge in [-0.25, -0.2) is 0 Å². The lowest BCUT2D eigenvalue weighted by atomic mass is 10.0. The Kier molecular flexibility index (Phi) is 61.6. The molecule has 0 N–H and O–H groups in total. The molecule has 0 bridgehead atoms. The predicted molar refractivity (Wildman–Crippen MR) is 321 cm³/mol. The van der Waals surface area contributed by atoms with Crippen LogP contribution in [-0.4, -0.2) is 37.2 Å². The number of rotatable bonds is 62. The zero-order chi connectivity index (χ0) is 53.6. The summed E-state index contributed by atoms with van der Waals surface area (Å²) in [6.07, 6.45) is 76.6. The van der Waals surface area contributed by atoms with Crippen molar-refractivity contribution in [3.8, 4) is 0 Å². The first-order valence-electron chi connectivity index (χ1n) is 33.3. The quantitative estimate of drug-likeness (QED) is 0.0261. The average molecular weight is 1040 g/mol. The third-order valence-corrected chi connectivity index (χ3v) is 15.2. The van der Waals surface area contributed by atoms with E-state index in [-0.39, 0.29) is 31.1 Å². The summed E-state index contributed by atoms with van der Waals surface area (Å²) >= 11 is 0. The molecule has 1 unspecified atom stereocenters. The lowest BCUT2D eigenvalue weighted by Crippen LogP contribution is -2.30. The molecule has 6 nitrogen and oxygen atoms in total. The van der Waals surface area contributed by atoms with Crippen molar-refractivity contribution in [3.63, 3.8) is 0 Å². The maximum Gasteiger partial charge on any atom is 0.306 e. The third kappa shape index (κ3) is 60.8. The summed E-state index contributed by atoms with van der Waals surface area (Å²) < 4.78 is 16.9. The van der Waals surface area contributed by atoms with Crippen molar-refractivity contribution < 1.29 is 28.6 Å². The molecule has 0 aromatic rings. The molecule has 0 heterocycles. The van der Waals surface area contributed by atoms with Gasteiger partial charge in [-0.05, 0) is 64.2 Å². The Labute approximate surface area is 462 Å². The van der Waals surface area contributed by atoms with Gasteiger partial charge in [-0.3, -0.25) is 14.4 Å². The highest BCUT2D eigenvalue weighted by atomic mass is 16.6. The first-order valence-corrected chi connectivity index (χ1v) is 33.3. The van der Waals surface area contributed by atoms with Gasteiger partial charge in [0.2, 0.25) is 0 Å². The maximum atomic E-state index is 12.8. The van der Waals surface area contributed by atoms with Crippen molar-refractivity contribution in [2.45, 2.75) is 380 Å². The molecule has 0 saturated heterocycles. The number of ether oxygens (including phenoxy) is 3. The molecule has 0 aromatic heterocycles. The Balaban J connectivity index is 3.97. The summed E-state index contributed by atoms with van der Waals surface area (Å²) in [5.74, 6) is -0.872. The fraction of sp³-hybridized carbons (Fsp3) is 0.897. The zero-order valence-corrected chi connectivity index (χ0v) is 50.1. The molecule has 0 radical (unpaired) electrons. The minimum absolute atomic E-state index is 0.0731. The normalized spacial score (nSPS) is 12.1. The maximum absolute atomic E-state index is 12.8. The monoisotopic (exact) mass is 1040 g/mol. The van der Waals surface area contributed by atoms with Gasteiger partial charge in [-0.2, -0.15) is 0 Å². The molecule has 0 amide bonds. The molecule has 0 aliphatic heterocycles. The summed E-state index contributed by atoms with van der Waals surface area (Å²) in [7, 11) is 0. The topological polar surface area (TPSA) is 78.9 Å². The second kappa shape index (κ2) is 63.4. The summed E-state index contributed by atoms with van der Waals surface area (Å²) in [6.45, 7) is 6.62. The molecule has 0 aliphatic rings. The number of carbonyl (C=O) groups is 3. The van der Waals surface area contributed by atoms with E-state index in [1.807, 2.05) is 0 Å². The van der Waals surface area contributed by atoms with Crippen LogP contribution in [0.15, 0.2) is 24.3 Å². The van der Waals surface area contributed by atoms with Crippen molar-refractivity contribution in [1.82, 2.24) is 0 Å². The summed E-state index contributed by atoms with van der Waals surface area (Å²) in [5.41, 5.74) is 0. The van der Waals surface area contributed by atoms with Crippen LogP contribution in [0.1, 0.15) is 374 Å². The van der Waals surface area contributed by atoms with Gasteiger partial charge in [-0.1, -0.05) is 315 Å². The Morgan fingerprint density at radius 2 is 0.459 bits per heavy atom. The minimum Gasteiger partial charge on any atom is -0.462 e. The molecule has 0 aromatic carbocycles. The van der Waals surface area contributed by atoms with Crippen molar-refractivity contribution in [2.24, 2.45) is 0 Å². The molecule has 0 fully saturated rings. The SMILES string of the molecule is CCCC/C=C\CCCCCCCC(=O)OCC(COC(=O)CCCCCCCCCCCCCCCCCCCCCCCCCCCCCCCCCCC)OC(=O)CCCCCCC/C=C\CCCCC. The molecule has 0 aliphatic carbocycles. The molecule has 0 spiro atoms. The number of hydrogen-bond donors (Lipinski definition) is 0. The van der Waals surface area contributed by atoms with Crippen LogP contribution in [0.2, 0.25) is 0 Å². The Morgan fingerprint density at radius 3 is 0.743 bits per heavy atom. The van der Waals surface area contributed by atoms with Gasteiger partial charge in [0.1, 0.15) is 13.2 Å². The van der Waals surface area contributed by atoms with Crippen molar-refractivity contribution in [1.29, 1.82) is 0 Å². The van der Waals surface area contributed by atoms with E-state index < -0.39 is 6.10 Å². The summed E-state index contributed by atoms with van der Waals surface area (Å²) in [6, 6.07) is 0. The second-order valence-electron chi connectivity index (χ2n) is 22.7. The van der Waals surface area contributed by atoms with E-state index in [1.54, 1.807) is 0 Å². The average Bonchev–Trinajstić information content (AvgIpc) is 3.40. The Bertz CT molecular complexity index is 1190. The largest absolute Gasteiger partial charge is 0.462 e. The van der Waals surface area contributed by atoms with Crippen LogP contribution < -0.4 is 0 Å². The van der Waals surface area contributed by atoms with Gasteiger partial charge < -0.3 is 14.2 Å². The van der Waals surface area contributed by atoms with Crippen molar-refractivity contribution in [2.75, 3.05) is 13.2 Å². The molecule has 74 heavy (non-hydrogen) atoms.